The van der Waals surface area contributed by atoms with Gasteiger partial charge < -0.3 is 14.2 Å². The van der Waals surface area contributed by atoms with E-state index in [-0.39, 0.29) is 31.1 Å². The summed E-state index contributed by atoms with van der Waals surface area (Å²) in [5.74, 6) is -0.929. The molecule has 0 heterocycles. The summed E-state index contributed by atoms with van der Waals surface area (Å²) in [6.45, 7) is 6.61. The Hall–Kier alpha value is -2.63. The first-order valence-electron chi connectivity index (χ1n) is 29.1. The summed E-state index contributed by atoms with van der Waals surface area (Å²) >= 11 is 0. The van der Waals surface area contributed by atoms with Gasteiger partial charge in [-0.2, -0.15) is 0 Å². The molecule has 0 aliphatic rings. The molecule has 0 bridgehead atoms. The van der Waals surface area contributed by atoms with Gasteiger partial charge in [-0.1, -0.05) is 256 Å². The van der Waals surface area contributed by atoms with Crippen LogP contribution in [-0.4, -0.2) is 37.2 Å². The predicted molar refractivity (Wildman–Crippen MR) is 289 cm³/mol. The first-order valence-corrected chi connectivity index (χ1v) is 29.1. The van der Waals surface area contributed by atoms with Crippen molar-refractivity contribution in [1.29, 1.82) is 0 Å². The van der Waals surface area contributed by atoms with E-state index in [1.807, 2.05) is 0 Å². The summed E-state index contributed by atoms with van der Waals surface area (Å²) in [4.78, 5) is 38.1. The van der Waals surface area contributed by atoms with Crippen molar-refractivity contribution >= 4 is 17.9 Å². The van der Waals surface area contributed by atoms with Crippen molar-refractivity contribution in [3.8, 4) is 0 Å². The number of ether oxygens (including phenoxy) is 3. The molecule has 0 unspecified atom stereocenters. The fourth-order valence-electron chi connectivity index (χ4n) is 8.40. The third-order valence-corrected chi connectivity index (χ3v) is 12.8. The Morgan fingerprint density at radius 3 is 0.910 bits per heavy atom. The summed E-state index contributed by atoms with van der Waals surface area (Å²) < 4.78 is 16.8. The van der Waals surface area contributed by atoms with Gasteiger partial charge in [0.1, 0.15) is 13.2 Å². The molecule has 0 aromatic carbocycles. The second kappa shape index (κ2) is 56.0. The lowest BCUT2D eigenvalue weighted by molar-refractivity contribution is -0.167. The molecule has 0 radical (unpaired) electrons. The van der Waals surface area contributed by atoms with Gasteiger partial charge in [0.05, 0.1) is 0 Å². The summed E-state index contributed by atoms with van der Waals surface area (Å²) in [5.41, 5.74) is 0. The molecule has 0 rings (SSSR count). The maximum atomic E-state index is 12.9. The van der Waals surface area contributed by atoms with E-state index in [9.17, 15) is 14.4 Å². The quantitative estimate of drug-likeness (QED) is 0.0262. The third kappa shape index (κ3) is 54.2. The number of hydrogen-bond acceptors (Lipinski definition) is 6. The molecule has 0 spiro atoms. The number of allylic oxidation sites excluding steroid dienone is 8. The average molecular weight is 940 g/mol. The lowest BCUT2D eigenvalue weighted by Gasteiger charge is -2.18. The van der Waals surface area contributed by atoms with Crippen LogP contribution in [0.1, 0.15) is 303 Å². The summed E-state index contributed by atoms with van der Waals surface area (Å²) in [7, 11) is 0. The fraction of sp³-hybridized carbons (Fsp3) is 0.820. The van der Waals surface area contributed by atoms with Gasteiger partial charge in [0.25, 0.3) is 0 Å². The molecule has 0 amide bonds. The van der Waals surface area contributed by atoms with Crippen molar-refractivity contribution in [2.75, 3.05) is 13.2 Å². The zero-order valence-electron chi connectivity index (χ0n) is 44.7. The molecule has 0 saturated carbocycles. The number of rotatable bonds is 53. The third-order valence-electron chi connectivity index (χ3n) is 12.8. The Bertz CT molecular complexity index is 1170. The molecule has 0 aliphatic carbocycles. The predicted octanol–water partition coefficient (Wildman–Crippen LogP) is 19.4. The highest BCUT2D eigenvalue weighted by molar-refractivity contribution is 5.71. The maximum absolute atomic E-state index is 12.9. The van der Waals surface area contributed by atoms with E-state index in [0.717, 1.165) is 57.8 Å². The van der Waals surface area contributed by atoms with Crippen LogP contribution in [0.15, 0.2) is 48.6 Å². The second-order valence-corrected chi connectivity index (χ2v) is 19.6. The minimum Gasteiger partial charge on any atom is -0.462 e. The first-order chi connectivity index (χ1) is 33.0. The smallest absolute Gasteiger partial charge is 0.306 e. The van der Waals surface area contributed by atoms with E-state index in [1.165, 1.54) is 199 Å². The highest BCUT2D eigenvalue weighted by atomic mass is 16.6. The van der Waals surface area contributed by atoms with Crippen molar-refractivity contribution < 1.29 is 28.6 Å². The molecule has 390 valence electrons. The number of unbranched alkanes of at least 4 members (excludes halogenated alkanes) is 34. The van der Waals surface area contributed by atoms with Crippen LogP contribution in [0.2, 0.25) is 0 Å². The minimum absolute atomic E-state index is 0.0859. The minimum atomic E-state index is -0.791. The van der Waals surface area contributed by atoms with Crippen LogP contribution in [0.25, 0.3) is 0 Å². The number of esters is 3. The Kier molecular flexibility index (Phi) is 53.8. The number of carbonyl (C=O) groups excluding carboxylic acids is 3. The van der Waals surface area contributed by atoms with Crippen molar-refractivity contribution in [3.05, 3.63) is 48.6 Å². The van der Waals surface area contributed by atoms with Gasteiger partial charge in [-0.05, 0) is 77.0 Å². The molecule has 0 saturated heterocycles. The molecule has 67 heavy (non-hydrogen) atoms. The van der Waals surface area contributed by atoms with Gasteiger partial charge in [-0.15, -0.1) is 0 Å². The molecular formula is C61H110O6. The van der Waals surface area contributed by atoms with E-state index in [4.69, 9.17) is 14.2 Å². The van der Waals surface area contributed by atoms with E-state index in [1.54, 1.807) is 0 Å². The van der Waals surface area contributed by atoms with Gasteiger partial charge in [-0.3, -0.25) is 14.4 Å². The lowest BCUT2D eigenvalue weighted by atomic mass is 10.0. The molecule has 0 fully saturated rings. The Labute approximate surface area is 416 Å². The highest BCUT2D eigenvalue weighted by Gasteiger charge is 2.19. The van der Waals surface area contributed by atoms with Gasteiger partial charge >= 0.3 is 17.9 Å². The SMILES string of the molecule is CCCCCCCC/C=C\C/C=C\C/C=C\CCCC(=O)OC[C@H](COC(=O)CCCCCCCCCCCCC)OC(=O)CCCCCCCCCCCCC/C=C\CCCCCCCC. The molecular weight excluding hydrogens is 829 g/mol. The van der Waals surface area contributed by atoms with Crippen LogP contribution >= 0.6 is 0 Å². The van der Waals surface area contributed by atoms with Crippen LogP contribution in [-0.2, 0) is 28.6 Å². The topological polar surface area (TPSA) is 78.9 Å². The van der Waals surface area contributed by atoms with E-state index in [0.29, 0.717) is 25.7 Å². The van der Waals surface area contributed by atoms with Gasteiger partial charge in [0, 0.05) is 19.3 Å². The maximum Gasteiger partial charge on any atom is 0.306 e. The van der Waals surface area contributed by atoms with E-state index in [2.05, 4.69) is 69.4 Å². The zero-order chi connectivity index (χ0) is 48.6. The van der Waals surface area contributed by atoms with Crippen LogP contribution in [0, 0.1) is 0 Å². The molecule has 0 aliphatic heterocycles. The normalized spacial score (nSPS) is 12.3. The van der Waals surface area contributed by atoms with Crippen molar-refractivity contribution in [3.63, 3.8) is 0 Å². The van der Waals surface area contributed by atoms with Gasteiger partial charge in [-0.25, -0.2) is 0 Å². The van der Waals surface area contributed by atoms with E-state index >= 15 is 0 Å². The van der Waals surface area contributed by atoms with Gasteiger partial charge in [0.2, 0.25) is 0 Å². The fourth-order valence-corrected chi connectivity index (χ4v) is 8.40. The molecule has 0 aromatic heterocycles. The summed E-state index contributed by atoms with van der Waals surface area (Å²) in [6, 6.07) is 0. The van der Waals surface area contributed by atoms with Crippen LogP contribution in [0.3, 0.4) is 0 Å². The Morgan fingerprint density at radius 2 is 0.552 bits per heavy atom. The van der Waals surface area contributed by atoms with Crippen molar-refractivity contribution in [2.45, 2.75) is 309 Å². The lowest BCUT2D eigenvalue weighted by Crippen LogP contribution is -2.30. The first kappa shape index (κ1) is 64.4. The number of carbonyl (C=O) groups is 3. The van der Waals surface area contributed by atoms with Crippen LogP contribution in [0.5, 0.6) is 0 Å². The largest absolute Gasteiger partial charge is 0.462 e. The van der Waals surface area contributed by atoms with Crippen molar-refractivity contribution in [1.82, 2.24) is 0 Å². The molecule has 6 nitrogen and oxygen atoms in total. The molecule has 0 aromatic rings. The van der Waals surface area contributed by atoms with Crippen LogP contribution in [0.4, 0.5) is 0 Å². The monoisotopic (exact) mass is 939 g/mol. The van der Waals surface area contributed by atoms with Gasteiger partial charge in [0.15, 0.2) is 6.10 Å². The molecule has 6 heteroatoms. The van der Waals surface area contributed by atoms with Crippen LogP contribution < -0.4 is 0 Å². The highest BCUT2D eigenvalue weighted by Crippen LogP contribution is 2.16. The molecule has 0 N–H and O–H groups in total. The summed E-state index contributed by atoms with van der Waals surface area (Å²) in [5, 5.41) is 0. The Balaban J connectivity index is 4.36. The van der Waals surface area contributed by atoms with Crippen molar-refractivity contribution in [2.24, 2.45) is 0 Å². The number of hydrogen-bond donors (Lipinski definition) is 0. The molecule has 1 atom stereocenters. The summed E-state index contributed by atoms with van der Waals surface area (Å²) in [6.07, 6.45) is 68.3. The average Bonchev–Trinajstić information content (AvgIpc) is 3.33. The zero-order valence-corrected chi connectivity index (χ0v) is 44.7. The van der Waals surface area contributed by atoms with E-state index < -0.39 is 6.10 Å². The Morgan fingerprint density at radius 1 is 0.299 bits per heavy atom. The second-order valence-electron chi connectivity index (χ2n) is 19.6. The standard InChI is InChI=1S/C61H110O6/c1-4-7-10-13-16-19-22-24-26-28-29-30-31-33-35-37-40-43-46-49-52-55-61(64)67-58(56-65-59(62)53-50-47-44-41-38-21-18-15-12-9-6-3)57-66-60(63)54-51-48-45-42-39-36-34-32-27-25-23-20-17-14-11-8-5-2/h24-27,34,36,42,45,58H,4-23,28-33,35,37-41,43-44,46-57H2,1-3H3/b26-24-,27-25-,36-34-,45-42-/t58-/m0/s1.